The summed E-state index contributed by atoms with van der Waals surface area (Å²) in [5, 5.41) is 9.61. The molecule has 0 unspecified atom stereocenters. The minimum atomic E-state index is 0. The molecule has 6 heteroatoms. The molecule has 1 aliphatic carbocycles. The van der Waals surface area contributed by atoms with E-state index in [0.717, 1.165) is 25.3 Å². The number of aliphatic imine (C=N–C) groups is 1. The molecule has 1 aromatic rings. The van der Waals surface area contributed by atoms with E-state index >= 15 is 0 Å². The first-order valence-corrected chi connectivity index (χ1v) is 9.46. The Kier molecular flexibility index (Phi) is 10.6. The van der Waals surface area contributed by atoms with E-state index in [1.54, 1.807) is 0 Å². The van der Waals surface area contributed by atoms with Crippen LogP contribution >= 0.6 is 24.0 Å². The Hall–Kier alpha value is -1.31. The summed E-state index contributed by atoms with van der Waals surface area (Å²) in [7, 11) is 0. The van der Waals surface area contributed by atoms with Gasteiger partial charge in [-0.3, -0.25) is 4.79 Å². The quantitative estimate of drug-likeness (QED) is 0.324. The van der Waals surface area contributed by atoms with E-state index in [2.05, 4.69) is 53.0 Å². The largest absolute Gasteiger partial charge is 0.357 e. The molecule has 0 radical (unpaired) electrons. The number of amides is 1. The van der Waals surface area contributed by atoms with Gasteiger partial charge in [-0.05, 0) is 44.7 Å². The summed E-state index contributed by atoms with van der Waals surface area (Å²) >= 11 is 0. The molecule has 1 fully saturated rings. The Morgan fingerprint density at radius 1 is 1.19 bits per heavy atom. The lowest BCUT2D eigenvalue weighted by molar-refractivity contribution is -0.121. The predicted octanol–water partition coefficient (Wildman–Crippen LogP) is 3.43. The molecule has 0 atom stereocenters. The highest BCUT2D eigenvalue weighted by Crippen LogP contribution is 2.17. The molecule has 146 valence electrons. The number of halogens is 1. The van der Waals surface area contributed by atoms with Crippen LogP contribution in [-0.4, -0.2) is 31.0 Å². The Labute approximate surface area is 174 Å². The van der Waals surface area contributed by atoms with Gasteiger partial charge in [-0.1, -0.05) is 36.6 Å². The van der Waals surface area contributed by atoms with E-state index in [1.165, 1.54) is 29.5 Å². The normalized spacial score (nSPS) is 14.7. The summed E-state index contributed by atoms with van der Waals surface area (Å²) in [6.07, 6.45) is 5.19. The topological polar surface area (TPSA) is 65.5 Å². The Bertz CT molecular complexity index is 597. The van der Waals surface area contributed by atoms with E-state index in [0.29, 0.717) is 25.6 Å². The van der Waals surface area contributed by atoms with E-state index in [9.17, 15) is 4.79 Å². The zero-order valence-corrected chi connectivity index (χ0v) is 18.6. The van der Waals surface area contributed by atoms with Gasteiger partial charge in [-0.25, -0.2) is 4.99 Å². The lowest BCUT2D eigenvalue weighted by atomic mass is 10.1. The van der Waals surface area contributed by atoms with Gasteiger partial charge in [0.1, 0.15) is 0 Å². The van der Waals surface area contributed by atoms with Gasteiger partial charge in [-0.15, -0.1) is 24.0 Å². The zero-order valence-electron chi connectivity index (χ0n) is 16.2. The summed E-state index contributed by atoms with van der Waals surface area (Å²) in [6.45, 7) is 8.29. The fourth-order valence-electron chi connectivity index (χ4n) is 3.19. The number of nitrogens with zero attached hydrogens (tertiary/aromatic N) is 1. The minimum absolute atomic E-state index is 0. The van der Waals surface area contributed by atoms with Gasteiger partial charge in [0.15, 0.2) is 5.96 Å². The van der Waals surface area contributed by atoms with Gasteiger partial charge >= 0.3 is 0 Å². The molecule has 0 bridgehead atoms. The molecule has 1 aliphatic rings. The predicted molar refractivity (Wildman–Crippen MR) is 119 cm³/mol. The molecule has 3 N–H and O–H groups in total. The summed E-state index contributed by atoms with van der Waals surface area (Å²) in [4.78, 5) is 16.6. The van der Waals surface area contributed by atoms with Gasteiger partial charge in [0, 0.05) is 25.6 Å². The van der Waals surface area contributed by atoms with Crippen LogP contribution in [0.2, 0.25) is 0 Å². The smallest absolute Gasteiger partial charge is 0.221 e. The highest BCUT2D eigenvalue weighted by atomic mass is 127. The summed E-state index contributed by atoms with van der Waals surface area (Å²) in [5.74, 6) is 0.890. The van der Waals surface area contributed by atoms with Crippen molar-refractivity contribution >= 4 is 35.8 Å². The second-order valence-corrected chi connectivity index (χ2v) is 6.85. The highest BCUT2D eigenvalue weighted by molar-refractivity contribution is 14.0. The number of nitrogens with one attached hydrogen (secondary N) is 3. The average molecular weight is 472 g/mol. The number of rotatable bonds is 7. The van der Waals surface area contributed by atoms with Crippen LogP contribution in [0.25, 0.3) is 0 Å². The van der Waals surface area contributed by atoms with Crippen molar-refractivity contribution in [1.29, 1.82) is 0 Å². The number of aryl methyl sites for hydroxylation is 2. The van der Waals surface area contributed by atoms with E-state index in [-0.39, 0.29) is 29.9 Å². The molecular formula is C20H33IN4O. The van der Waals surface area contributed by atoms with E-state index in [4.69, 9.17) is 0 Å². The van der Waals surface area contributed by atoms with E-state index in [1.807, 2.05) is 6.92 Å². The van der Waals surface area contributed by atoms with Crippen molar-refractivity contribution in [2.45, 2.75) is 65.5 Å². The third-order valence-electron chi connectivity index (χ3n) is 4.61. The number of carbonyl (C=O) groups is 1. The first-order valence-electron chi connectivity index (χ1n) is 9.46. The van der Waals surface area contributed by atoms with Crippen LogP contribution in [0.4, 0.5) is 0 Å². The van der Waals surface area contributed by atoms with Crippen molar-refractivity contribution in [2.24, 2.45) is 4.99 Å². The first kappa shape index (κ1) is 22.7. The average Bonchev–Trinajstić information content (AvgIpc) is 3.06. The number of carbonyl (C=O) groups excluding carboxylic acids is 1. The zero-order chi connectivity index (χ0) is 18.1. The van der Waals surface area contributed by atoms with Crippen molar-refractivity contribution in [1.82, 2.24) is 16.0 Å². The molecule has 0 saturated heterocycles. The minimum Gasteiger partial charge on any atom is -0.357 e. The Morgan fingerprint density at radius 3 is 2.58 bits per heavy atom. The van der Waals surface area contributed by atoms with Crippen molar-refractivity contribution in [3.63, 3.8) is 0 Å². The molecule has 2 rings (SSSR count). The standard InChI is InChI=1S/C20H32N4O.HI/c1-4-21-20(23-14-17-10-9-15(2)13-16(17)3)22-12-11-19(25)24-18-7-5-6-8-18;/h9-10,13,18H,4-8,11-12,14H2,1-3H3,(H,24,25)(H2,21,22,23);1H. The van der Waals surface area contributed by atoms with Crippen LogP contribution in [0.15, 0.2) is 23.2 Å². The third kappa shape index (κ3) is 7.93. The number of benzene rings is 1. The SMILES string of the molecule is CCNC(=NCc1ccc(C)cc1C)NCCC(=O)NC1CCCC1.I. The van der Waals surface area contributed by atoms with Gasteiger partial charge in [0.25, 0.3) is 0 Å². The molecule has 0 spiro atoms. The molecule has 0 heterocycles. The molecule has 1 aromatic carbocycles. The molecule has 26 heavy (non-hydrogen) atoms. The molecule has 5 nitrogen and oxygen atoms in total. The first-order chi connectivity index (χ1) is 12.1. The van der Waals surface area contributed by atoms with Crippen LogP contribution < -0.4 is 16.0 Å². The summed E-state index contributed by atoms with van der Waals surface area (Å²) < 4.78 is 0. The lowest BCUT2D eigenvalue weighted by Gasteiger charge is -2.14. The molecule has 1 saturated carbocycles. The third-order valence-corrected chi connectivity index (χ3v) is 4.61. The maximum absolute atomic E-state index is 12.0. The van der Waals surface area contributed by atoms with E-state index < -0.39 is 0 Å². The Balaban J connectivity index is 0.00000338. The molecule has 1 amide bonds. The lowest BCUT2D eigenvalue weighted by Crippen LogP contribution is -2.40. The second-order valence-electron chi connectivity index (χ2n) is 6.85. The maximum Gasteiger partial charge on any atom is 0.221 e. The van der Waals surface area contributed by atoms with Crippen LogP contribution in [0, 0.1) is 13.8 Å². The van der Waals surface area contributed by atoms with Crippen LogP contribution in [0.5, 0.6) is 0 Å². The van der Waals surface area contributed by atoms with Crippen molar-refractivity contribution in [2.75, 3.05) is 13.1 Å². The van der Waals surface area contributed by atoms with Crippen LogP contribution in [0.3, 0.4) is 0 Å². The van der Waals surface area contributed by atoms with Crippen molar-refractivity contribution in [3.05, 3.63) is 34.9 Å². The number of hydrogen-bond donors (Lipinski definition) is 3. The monoisotopic (exact) mass is 472 g/mol. The van der Waals surface area contributed by atoms with Gasteiger partial charge in [0.2, 0.25) is 5.91 Å². The number of hydrogen-bond acceptors (Lipinski definition) is 2. The molecule has 0 aromatic heterocycles. The van der Waals surface area contributed by atoms with Gasteiger partial charge in [-0.2, -0.15) is 0 Å². The van der Waals surface area contributed by atoms with Crippen molar-refractivity contribution < 1.29 is 4.79 Å². The van der Waals surface area contributed by atoms with Crippen LogP contribution in [0.1, 0.15) is 55.7 Å². The molecule has 0 aliphatic heterocycles. The fraction of sp³-hybridized carbons (Fsp3) is 0.600. The number of guanidine groups is 1. The van der Waals surface area contributed by atoms with Crippen LogP contribution in [-0.2, 0) is 11.3 Å². The second kappa shape index (κ2) is 12.1. The summed E-state index contributed by atoms with van der Waals surface area (Å²) in [5.41, 5.74) is 3.75. The van der Waals surface area contributed by atoms with Gasteiger partial charge in [0.05, 0.1) is 6.54 Å². The Morgan fingerprint density at radius 2 is 1.92 bits per heavy atom. The summed E-state index contributed by atoms with van der Waals surface area (Å²) in [6, 6.07) is 6.82. The molecular weight excluding hydrogens is 439 g/mol. The van der Waals surface area contributed by atoms with Gasteiger partial charge < -0.3 is 16.0 Å². The highest BCUT2D eigenvalue weighted by Gasteiger charge is 2.16. The fourth-order valence-corrected chi connectivity index (χ4v) is 3.19. The van der Waals surface area contributed by atoms with Crippen molar-refractivity contribution in [3.8, 4) is 0 Å². The maximum atomic E-state index is 12.0.